The quantitative estimate of drug-likeness (QED) is 0.839. The van der Waals surface area contributed by atoms with E-state index in [0.717, 1.165) is 23.3 Å². The fourth-order valence-corrected chi connectivity index (χ4v) is 3.53. The molecular weight excluding hydrogens is 369 g/mol. The van der Waals surface area contributed by atoms with Crippen molar-refractivity contribution < 1.29 is 23.1 Å². The van der Waals surface area contributed by atoms with E-state index in [2.05, 4.69) is 0 Å². The number of alkyl halides is 3. The Morgan fingerprint density at radius 2 is 1.68 bits per heavy atom. The molecule has 28 heavy (non-hydrogen) atoms. The Bertz CT molecular complexity index is 970. The molecule has 2 aliphatic heterocycles. The van der Waals surface area contributed by atoms with Crippen molar-refractivity contribution >= 4 is 17.3 Å². The third kappa shape index (κ3) is 3.35. The van der Waals surface area contributed by atoms with Gasteiger partial charge in [-0.05, 0) is 35.4 Å². The van der Waals surface area contributed by atoms with Crippen LogP contribution in [0.5, 0.6) is 0 Å². The molecule has 0 saturated carbocycles. The Kier molecular flexibility index (Phi) is 4.37. The van der Waals surface area contributed by atoms with Crippen LogP contribution in [0.1, 0.15) is 16.7 Å². The van der Waals surface area contributed by atoms with Crippen LogP contribution in [0.15, 0.2) is 66.4 Å². The molecule has 0 saturated heterocycles. The van der Waals surface area contributed by atoms with Crippen LogP contribution in [0, 0.1) is 0 Å². The number of benzene rings is 2. The van der Waals surface area contributed by atoms with Crippen molar-refractivity contribution in [3.8, 4) is 0 Å². The van der Waals surface area contributed by atoms with Gasteiger partial charge < -0.3 is 14.9 Å². The molecule has 4 nitrogen and oxygen atoms in total. The zero-order valence-corrected chi connectivity index (χ0v) is 14.8. The summed E-state index contributed by atoms with van der Waals surface area (Å²) in [6, 6.07) is 11.6. The monoisotopic (exact) mass is 386 g/mol. The van der Waals surface area contributed by atoms with E-state index >= 15 is 0 Å². The first kappa shape index (κ1) is 18.2. The Balaban J connectivity index is 1.71. The lowest BCUT2D eigenvalue weighted by Crippen LogP contribution is -2.25. The zero-order valence-electron chi connectivity index (χ0n) is 14.8. The molecule has 0 radical (unpaired) electrons. The number of carbonyl (C=O) groups is 1. The average Bonchev–Trinajstić information content (AvgIpc) is 3.11. The van der Waals surface area contributed by atoms with Gasteiger partial charge in [-0.2, -0.15) is 13.2 Å². The number of aliphatic carboxylic acids is 1. The Morgan fingerprint density at radius 1 is 1.00 bits per heavy atom. The van der Waals surface area contributed by atoms with E-state index in [4.69, 9.17) is 5.11 Å². The summed E-state index contributed by atoms with van der Waals surface area (Å²) in [5.74, 6) is -1.06. The minimum absolute atomic E-state index is 0.123. The first-order chi connectivity index (χ1) is 13.3. The largest absolute Gasteiger partial charge is 0.478 e. The molecule has 0 spiro atoms. The lowest BCUT2D eigenvalue weighted by molar-refractivity contribution is -0.137. The molecule has 0 bridgehead atoms. The maximum atomic E-state index is 13.3. The number of carboxylic acids is 1. The first-order valence-electron chi connectivity index (χ1n) is 8.74. The summed E-state index contributed by atoms with van der Waals surface area (Å²) < 4.78 is 39.9. The molecule has 0 atom stereocenters. The second-order valence-corrected chi connectivity index (χ2v) is 6.76. The van der Waals surface area contributed by atoms with Gasteiger partial charge in [0.2, 0.25) is 0 Å². The smallest absolute Gasteiger partial charge is 0.416 e. The van der Waals surface area contributed by atoms with Gasteiger partial charge in [-0.1, -0.05) is 30.3 Å². The summed E-state index contributed by atoms with van der Waals surface area (Å²) >= 11 is 0. The number of rotatable bonds is 3. The number of carboxylic acid groups (broad SMARTS) is 1. The number of halogens is 3. The molecule has 0 aromatic heterocycles. The summed E-state index contributed by atoms with van der Waals surface area (Å²) in [4.78, 5) is 14.8. The summed E-state index contributed by atoms with van der Waals surface area (Å²) in [5, 5.41) is 9.08. The van der Waals surface area contributed by atoms with Gasteiger partial charge in [0.25, 0.3) is 0 Å². The van der Waals surface area contributed by atoms with Crippen molar-refractivity contribution in [3.63, 3.8) is 0 Å². The van der Waals surface area contributed by atoms with E-state index in [1.54, 1.807) is 4.90 Å². The van der Waals surface area contributed by atoms with Gasteiger partial charge in [-0.3, -0.25) is 0 Å². The van der Waals surface area contributed by atoms with Gasteiger partial charge in [0, 0.05) is 25.8 Å². The fraction of sp³-hybridized carbons (Fsp3) is 0.190. The van der Waals surface area contributed by atoms with E-state index < -0.39 is 17.7 Å². The molecule has 4 rings (SSSR count). The second kappa shape index (κ2) is 6.74. The van der Waals surface area contributed by atoms with Crippen molar-refractivity contribution in [1.29, 1.82) is 0 Å². The average molecular weight is 386 g/mol. The topological polar surface area (TPSA) is 43.8 Å². The Hall–Kier alpha value is -3.22. The van der Waals surface area contributed by atoms with E-state index in [9.17, 15) is 18.0 Å². The van der Waals surface area contributed by atoms with Crippen LogP contribution in [0.3, 0.4) is 0 Å². The van der Waals surface area contributed by atoms with Gasteiger partial charge in [-0.25, -0.2) is 4.79 Å². The van der Waals surface area contributed by atoms with Gasteiger partial charge in [0.1, 0.15) is 0 Å². The summed E-state index contributed by atoms with van der Waals surface area (Å²) in [6.45, 7) is 1.41. The summed E-state index contributed by atoms with van der Waals surface area (Å²) in [6.07, 6.45) is -0.0474. The Morgan fingerprint density at radius 3 is 2.21 bits per heavy atom. The van der Waals surface area contributed by atoms with Crippen molar-refractivity contribution in [2.24, 2.45) is 0 Å². The fourth-order valence-electron chi connectivity index (χ4n) is 3.53. The molecular formula is C21H17F3N2O2. The maximum Gasteiger partial charge on any atom is 0.416 e. The van der Waals surface area contributed by atoms with Crippen LogP contribution in [0.4, 0.5) is 24.5 Å². The van der Waals surface area contributed by atoms with Crippen LogP contribution < -0.4 is 9.80 Å². The molecule has 2 heterocycles. The lowest BCUT2D eigenvalue weighted by Gasteiger charge is -2.29. The minimum atomic E-state index is -4.46. The van der Waals surface area contributed by atoms with E-state index in [-0.39, 0.29) is 12.1 Å². The maximum absolute atomic E-state index is 13.3. The highest BCUT2D eigenvalue weighted by atomic mass is 19.4. The summed E-state index contributed by atoms with van der Waals surface area (Å²) in [7, 11) is 0. The SMILES string of the molecule is O=C(O)C1=CCN(c2cc(C(F)(F)F)ccc2N2Cc3ccccc3C2)C=C1. The second-order valence-electron chi connectivity index (χ2n) is 6.76. The van der Waals surface area contributed by atoms with E-state index in [0.29, 0.717) is 24.5 Å². The molecule has 144 valence electrons. The Labute approximate surface area is 159 Å². The minimum Gasteiger partial charge on any atom is -0.478 e. The summed E-state index contributed by atoms with van der Waals surface area (Å²) in [5.41, 5.74) is 2.77. The molecule has 1 N–H and O–H groups in total. The molecule has 7 heteroatoms. The van der Waals surface area contributed by atoms with Crippen LogP contribution in [0.25, 0.3) is 0 Å². The molecule has 2 aromatic carbocycles. The third-order valence-corrected chi connectivity index (χ3v) is 4.98. The molecule has 0 aliphatic carbocycles. The number of fused-ring (bicyclic) bond motifs is 1. The third-order valence-electron chi connectivity index (χ3n) is 4.98. The highest BCUT2D eigenvalue weighted by Crippen LogP contribution is 2.40. The molecule has 2 aliphatic rings. The van der Waals surface area contributed by atoms with Crippen molar-refractivity contribution in [1.82, 2.24) is 0 Å². The highest BCUT2D eigenvalue weighted by molar-refractivity contribution is 5.91. The van der Waals surface area contributed by atoms with Gasteiger partial charge in [0.05, 0.1) is 22.5 Å². The van der Waals surface area contributed by atoms with Gasteiger partial charge in [-0.15, -0.1) is 0 Å². The van der Waals surface area contributed by atoms with Crippen molar-refractivity contribution in [2.45, 2.75) is 19.3 Å². The number of hydrogen-bond donors (Lipinski definition) is 1. The zero-order chi connectivity index (χ0) is 19.9. The first-order valence-corrected chi connectivity index (χ1v) is 8.74. The standard InChI is InChI=1S/C21H17F3N2O2/c22-21(23,24)17-5-6-18(26-12-15-3-1-2-4-16(15)13-26)19(11-17)25-9-7-14(8-10-25)20(27)28/h1-9,11H,10,12-13H2,(H,27,28). The highest BCUT2D eigenvalue weighted by Gasteiger charge is 2.33. The predicted octanol–water partition coefficient (Wildman–Crippen LogP) is 4.57. The lowest BCUT2D eigenvalue weighted by atomic mass is 10.1. The van der Waals surface area contributed by atoms with Crippen LogP contribution in [-0.2, 0) is 24.1 Å². The molecule has 0 amide bonds. The van der Waals surface area contributed by atoms with Crippen LogP contribution in [0.2, 0.25) is 0 Å². The van der Waals surface area contributed by atoms with Gasteiger partial charge in [0.15, 0.2) is 0 Å². The number of anilines is 2. The number of nitrogens with zero attached hydrogens (tertiary/aromatic N) is 2. The van der Waals surface area contributed by atoms with Gasteiger partial charge >= 0.3 is 12.1 Å². The van der Waals surface area contributed by atoms with E-state index in [1.807, 2.05) is 29.2 Å². The van der Waals surface area contributed by atoms with Crippen LogP contribution in [-0.4, -0.2) is 17.6 Å². The van der Waals surface area contributed by atoms with E-state index in [1.165, 1.54) is 24.4 Å². The van der Waals surface area contributed by atoms with Crippen molar-refractivity contribution in [2.75, 3.05) is 16.3 Å². The molecule has 2 aromatic rings. The van der Waals surface area contributed by atoms with Crippen LogP contribution >= 0.6 is 0 Å². The normalized spacial score (nSPS) is 16.2. The molecule has 0 unspecified atom stereocenters. The van der Waals surface area contributed by atoms with Crippen molar-refractivity contribution in [3.05, 3.63) is 83.1 Å². The number of hydrogen-bond acceptors (Lipinski definition) is 3. The predicted molar refractivity (Wildman–Crippen MR) is 100.0 cm³/mol. The molecule has 0 fully saturated rings.